The molecule has 6 heteroatoms. The van der Waals surface area contributed by atoms with Crippen molar-refractivity contribution in [3.05, 3.63) is 54.1 Å². The van der Waals surface area contributed by atoms with Crippen LogP contribution in [0.2, 0.25) is 0 Å². The molecule has 0 spiro atoms. The summed E-state index contributed by atoms with van der Waals surface area (Å²) in [5, 5.41) is 7.00. The number of carbonyl (C=O) groups excluding carboxylic acids is 1. The molecule has 0 atom stereocenters. The molecular formula is C20H19N3O3. The Bertz CT molecular complexity index is 1170. The first-order valence-corrected chi connectivity index (χ1v) is 8.52. The fourth-order valence-corrected chi connectivity index (χ4v) is 3.09. The number of fused-ring (bicyclic) bond motifs is 2. The van der Waals surface area contributed by atoms with Crippen molar-refractivity contribution in [3.63, 3.8) is 0 Å². The minimum atomic E-state index is -1.19. The lowest BCUT2D eigenvalue weighted by Gasteiger charge is -2.19. The van der Waals surface area contributed by atoms with Gasteiger partial charge in [-0.05, 0) is 50.4 Å². The number of esters is 1. The number of ether oxygens (including phenoxy) is 1. The molecule has 0 unspecified atom stereocenters. The third-order valence-electron chi connectivity index (χ3n) is 4.38. The van der Waals surface area contributed by atoms with Crippen LogP contribution in [-0.4, -0.2) is 27.6 Å². The predicted octanol–water partition coefficient (Wildman–Crippen LogP) is 3.25. The van der Waals surface area contributed by atoms with Gasteiger partial charge in [0, 0.05) is 17.8 Å². The molecule has 0 saturated heterocycles. The molecular weight excluding hydrogens is 330 g/mol. The van der Waals surface area contributed by atoms with Gasteiger partial charge < -0.3 is 14.0 Å². The van der Waals surface area contributed by atoms with Gasteiger partial charge in [0.25, 0.3) is 0 Å². The van der Waals surface area contributed by atoms with Crippen molar-refractivity contribution in [2.45, 2.75) is 26.4 Å². The smallest absolute Gasteiger partial charge is 0.352 e. The lowest BCUT2D eigenvalue weighted by molar-refractivity contribution is -0.168. The van der Waals surface area contributed by atoms with E-state index in [0.717, 1.165) is 27.3 Å². The Kier molecular flexibility index (Phi) is 3.76. The van der Waals surface area contributed by atoms with Gasteiger partial charge in [0.05, 0.1) is 17.6 Å². The summed E-state index contributed by atoms with van der Waals surface area (Å²) in [5.41, 5.74) is 1.46. The zero-order valence-corrected chi connectivity index (χ0v) is 14.9. The van der Waals surface area contributed by atoms with Gasteiger partial charge in [-0.25, -0.2) is 4.79 Å². The summed E-state index contributed by atoms with van der Waals surface area (Å²) in [6.07, 6.45) is 3.73. The summed E-state index contributed by atoms with van der Waals surface area (Å²) >= 11 is 0. The summed E-state index contributed by atoms with van der Waals surface area (Å²) in [6.45, 7) is 5.33. The number of aromatic nitrogens is 2. The van der Waals surface area contributed by atoms with Crippen LogP contribution in [0.4, 0.5) is 0 Å². The largest absolute Gasteiger partial charge is 0.463 e. The van der Waals surface area contributed by atoms with Crippen LogP contribution in [0.5, 0.6) is 0 Å². The number of pyridine rings is 2. The quantitative estimate of drug-likeness (QED) is 0.419. The summed E-state index contributed by atoms with van der Waals surface area (Å²) < 4.78 is 7.11. The van der Waals surface area contributed by atoms with E-state index in [0.29, 0.717) is 12.0 Å². The van der Waals surface area contributed by atoms with Gasteiger partial charge in [0.15, 0.2) is 5.36 Å². The second kappa shape index (κ2) is 5.98. The third kappa shape index (κ3) is 2.45. The molecule has 4 rings (SSSR count). The average Bonchev–Trinajstić information content (AvgIpc) is 3.11. The summed E-state index contributed by atoms with van der Waals surface area (Å²) in [4.78, 5) is 22.2. The third-order valence-corrected chi connectivity index (χ3v) is 4.38. The van der Waals surface area contributed by atoms with Crippen molar-refractivity contribution in [1.29, 1.82) is 0 Å². The number of carbonyl (C=O) groups is 1. The molecule has 6 nitrogen and oxygen atoms in total. The maximum absolute atomic E-state index is 12.1. The fourth-order valence-electron chi connectivity index (χ4n) is 3.09. The van der Waals surface area contributed by atoms with Crippen molar-refractivity contribution in [2.24, 2.45) is 5.16 Å². The maximum Gasteiger partial charge on any atom is 0.352 e. The summed E-state index contributed by atoms with van der Waals surface area (Å²) in [5.74, 6) is -0.456. The molecule has 0 bridgehead atoms. The summed E-state index contributed by atoms with van der Waals surface area (Å²) in [6, 6.07) is 12.0. The van der Waals surface area contributed by atoms with Crippen LogP contribution < -0.4 is 5.36 Å². The number of hydrogen-bond acceptors (Lipinski definition) is 5. The molecule has 0 N–H and O–H groups in total. The Balaban J connectivity index is 1.98. The fraction of sp³-hybridized carbons (Fsp3) is 0.250. The first-order chi connectivity index (χ1) is 12.5. The van der Waals surface area contributed by atoms with Gasteiger partial charge in [-0.15, -0.1) is 0 Å². The van der Waals surface area contributed by atoms with Gasteiger partial charge >= 0.3 is 5.97 Å². The van der Waals surface area contributed by atoms with E-state index in [9.17, 15) is 4.79 Å². The molecule has 0 fully saturated rings. The Morgan fingerprint density at radius 1 is 1.19 bits per heavy atom. The monoisotopic (exact) mass is 349 g/mol. The molecule has 0 saturated carbocycles. The van der Waals surface area contributed by atoms with Crippen LogP contribution in [0.3, 0.4) is 0 Å². The van der Waals surface area contributed by atoms with Crippen molar-refractivity contribution >= 4 is 33.3 Å². The lowest BCUT2D eigenvalue weighted by atomic mass is 10.1. The van der Waals surface area contributed by atoms with E-state index in [2.05, 4.69) is 20.6 Å². The van der Waals surface area contributed by atoms with Crippen LogP contribution >= 0.6 is 0 Å². The van der Waals surface area contributed by atoms with E-state index < -0.39 is 11.6 Å². The number of hydrogen-bond donors (Lipinski definition) is 0. The molecule has 0 aliphatic heterocycles. The highest BCUT2D eigenvalue weighted by Crippen LogP contribution is 2.24. The van der Waals surface area contributed by atoms with Crippen molar-refractivity contribution in [1.82, 2.24) is 9.38 Å². The number of nitrogens with zero attached hydrogens (tertiary/aromatic N) is 3. The molecule has 0 aliphatic rings. The minimum Gasteiger partial charge on any atom is -0.463 e. The van der Waals surface area contributed by atoms with Gasteiger partial charge in [0.2, 0.25) is 5.60 Å². The van der Waals surface area contributed by atoms with E-state index in [1.165, 1.54) is 0 Å². The van der Waals surface area contributed by atoms with Crippen molar-refractivity contribution < 1.29 is 14.4 Å². The van der Waals surface area contributed by atoms with Gasteiger partial charge in [0.1, 0.15) is 5.52 Å². The average molecular weight is 349 g/mol. The van der Waals surface area contributed by atoms with E-state index in [-0.39, 0.29) is 0 Å². The van der Waals surface area contributed by atoms with Crippen LogP contribution in [0, 0.1) is 0 Å². The Hall–Kier alpha value is -3.15. The predicted molar refractivity (Wildman–Crippen MR) is 98.8 cm³/mol. The molecule has 4 aromatic rings. The Morgan fingerprint density at radius 3 is 2.81 bits per heavy atom. The van der Waals surface area contributed by atoms with Crippen LogP contribution in [-0.2, 0) is 14.4 Å². The Morgan fingerprint density at radius 2 is 2.00 bits per heavy atom. The zero-order valence-electron chi connectivity index (χ0n) is 14.9. The minimum absolute atomic E-state index is 0.291. The second-order valence-corrected chi connectivity index (χ2v) is 6.56. The normalized spacial score (nSPS) is 13.0. The Labute approximate surface area is 150 Å². The number of rotatable bonds is 4. The van der Waals surface area contributed by atoms with E-state index >= 15 is 0 Å². The van der Waals surface area contributed by atoms with E-state index in [1.807, 2.05) is 36.5 Å². The van der Waals surface area contributed by atoms with Gasteiger partial charge in [-0.2, -0.15) is 0 Å². The van der Waals surface area contributed by atoms with Gasteiger partial charge in [-0.3, -0.25) is 4.98 Å². The van der Waals surface area contributed by atoms with Crippen molar-refractivity contribution in [3.8, 4) is 0 Å². The highest BCUT2D eigenvalue weighted by atomic mass is 16.7. The first kappa shape index (κ1) is 16.3. The van der Waals surface area contributed by atoms with Gasteiger partial charge in [-0.1, -0.05) is 17.3 Å². The lowest BCUT2D eigenvalue weighted by Crippen LogP contribution is -2.36. The summed E-state index contributed by atoms with van der Waals surface area (Å²) in [7, 11) is 0. The molecule has 1 aromatic carbocycles. The molecule has 0 aliphatic carbocycles. The standard InChI is InChI=1S/C20H19N3O3/c1-4-25-19(24)20(2,3)26-22-17-15-9-6-12-23(15)14-8-5-7-13-10-11-21-18(17)16(13)14/h5-12H,4H2,1-3H3/b22-17+. The number of benzene rings is 1. The molecule has 0 radical (unpaired) electrons. The topological polar surface area (TPSA) is 65.2 Å². The SMILES string of the molecule is CCOC(=O)C(C)(C)O/N=c1/c2nccc3cccc(c32)n2cccc12. The van der Waals surface area contributed by atoms with E-state index in [4.69, 9.17) is 9.57 Å². The van der Waals surface area contributed by atoms with Crippen molar-refractivity contribution in [2.75, 3.05) is 6.61 Å². The zero-order chi connectivity index (χ0) is 18.3. The van der Waals surface area contributed by atoms with E-state index in [1.54, 1.807) is 27.0 Å². The van der Waals surface area contributed by atoms with Crippen LogP contribution in [0.15, 0.2) is 53.9 Å². The first-order valence-electron chi connectivity index (χ1n) is 8.52. The second-order valence-electron chi connectivity index (χ2n) is 6.56. The highest BCUT2D eigenvalue weighted by molar-refractivity contribution is 6.08. The molecule has 132 valence electrons. The van der Waals surface area contributed by atoms with Crippen LogP contribution in [0.25, 0.3) is 27.3 Å². The molecule has 3 heterocycles. The highest BCUT2D eigenvalue weighted by Gasteiger charge is 2.32. The molecule has 26 heavy (non-hydrogen) atoms. The molecule has 0 amide bonds. The van der Waals surface area contributed by atoms with Crippen LogP contribution in [0.1, 0.15) is 20.8 Å². The molecule has 3 aromatic heterocycles. The maximum atomic E-state index is 12.1.